The third-order valence-electron chi connectivity index (χ3n) is 2.80. The van der Waals surface area contributed by atoms with Crippen molar-refractivity contribution in [1.29, 1.82) is 0 Å². The van der Waals surface area contributed by atoms with Crippen molar-refractivity contribution in [3.63, 3.8) is 0 Å². The molecule has 1 saturated heterocycles. The average Bonchev–Trinajstić information content (AvgIpc) is 2.49. The Bertz CT molecular complexity index is 425. The highest BCUT2D eigenvalue weighted by Crippen LogP contribution is 2.18. The summed E-state index contributed by atoms with van der Waals surface area (Å²) in [7, 11) is 0. The Morgan fingerprint density at radius 1 is 1.41 bits per heavy atom. The van der Waals surface area contributed by atoms with Gasteiger partial charge in [-0.2, -0.15) is 0 Å². The van der Waals surface area contributed by atoms with Gasteiger partial charge in [-0.15, -0.1) is 0 Å². The van der Waals surface area contributed by atoms with Crippen molar-refractivity contribution in [2.45, 2.75) is 13.0 Å². The molecule has 1 aliphatic rings. The minimum Gasteiger partial charge on any atom is -0.355 e. The van der Waals surface area contributed by atoms with Crippen LogP contribution >= 0.6 is 15.9 Å². The first-order valence-electron chi connectivity index (χ1n) is 5.58. The fourth-order valence-corrected chi connectivity index (χ4v) is 2.29. The molecule has 3 nitrogen and oxygen atoms in total. The molecule has 0 radical (unpaired) electrons. The number of halogens is 2. The molecule has 0 spiro atoms. The molecule has 1 amide bonds. The van der Waals surface area contributed by atoms with Crippen molar-refractivity contribution >= 4 is 21.8 Å². The van der Waals surface area contributed by atoms with Crippen LogP contribution in [-0.2, 0) is 11.3 Å². The van der Waals surface area contributed by atoms with Gasteiger partial charge in [-0.05, 0) is 33.6 Å². The van der Waals surface area contributed by atoms with Crippen LogP contribution in [0, 0.1) is 5.82 Å². The second-order valence-electron chi connectivity index (χ2n) is 4.12. The Morgan fingerprint density at radius 3 is 3.00 bits per heavy atom. The molecule has 1 aromatic carbocycles. The molecule has 0 saturated carbocycles. The molecule has 5 heteroatoms. The number of carbonyl (C=O) groups is 1. The van der Waals surface area contributed by atoms with E-state index in [-0.39, 0.29) is 11.7 Å². The quantitative estimate of drug-likeness (QED) is 0.905. The molecule has 17 heavy (non-hydrogen) atoms. The van der Waals surface area contributed by atoms with E-state index >= 15 is 0 Å². The summed E-state index contributed by atoms with van der Waals surface area (Å²) in [4.78, 5) is 13.4. The molecule has 1 aromatic rings. The van der Waals surface area contributed by atoms with Crippen LogP contribution in [0.15, 0.2) is 22.7 Å². The van der Waals surface area contributed by atoms with E-state index in [0.717, 1.165) is 25.2 Å². The van der Waals surface area contributed by atoms with E-state index in [0.29, 0.717) is 17.4 Å². The first-order valence-corrected chi connectivity index (χ1v) is 6.37. The Hall–Kier alpha value is -0.940. The number of rotatable bonds is 2. The second-order valence-corrected chi connectivity index (χ2v) is 4.98. The number of amides is 1. The van der Waals surface area contributed by atoms with Gasteiger partial charge in [0.2, 0.25) is 5.91 Å². The van der Waals surface area contributed by atoms with Gasteiger partial charge in [-0.3, -0.25) is 9.69 Å². The minimum atomic E-state index is -0.249. The smallest absolute Gasteiger partial charge is 0.221 e. The molecule has 0 aromatic heterocycles. The highest BCUT2D eigenvalue weighted by atomic mass is 79.9. The number of nitrogens with one attached hydrogen (secondary N) is 1. The van der Waals surface area contributed by atoms with Gasteiger partial charge in [0.1, 0.15) is 5.82 Å². The predicted molar refractivity (Wildman–Crippen MR) is 67.0 cm³/mol. The average molecular weight is 301 g/mol. The van der Waals surface area contributed by atoms with Crippen molar-refractivity contribution in [2.75, 3.05) is 19.6 Å². The highest BCUT2D eigenvalue weighted by Gasteiger charge is 2.13. The third-order valence-corrected chi connectivity index (χ3v) is 3.40. The summed E-state index contributed by atoms with van der Waals surface area (Å²) in [5.41, 5.74) is 1.05. The normalized spacial score (nSPS) is 17.6. The van der Waals surface area contributed by atoms with E-state index in [2.05, 4.69) is 26.1 Å². The zero-order valence-corrected chi connectivity index (χ0v) is 11.0. The van der Waals surface area contributed by atoms with Gasteiger partial charge < -0.3 is 5.32 Å². The molecule has 0 unspecified atom stereocenters. The number of hydrogen-bond acceptors (Lipinski definition) is 2. The van der Waals surface area contributed by atoms with Crippen LogP contribution in [0.1, 0.15) is 12.0 Å². The lowest BCUT2D eigenvalue weighted by molar-refractivity contribution is -0.120. The van der Waals surface area contributed by atoms with Crippen LogP contribution in [0.3, 0.4) is 0 Å². The fraction of sp³-hybridized carbons (Fsp3) is 0.417. The van der Waals surface area contributed by atoms with E-state index in [4.69, 9.17) is 0 Å². The molecule has 1 fully saturated rings. The van der Waals surface area contributed by atoms with Crippen LogP contribution in [0.5, 0.6) is 0 Å². The predicted octanol–water partition coefficient (Wildman–Crippen LogP) is 1.91. The van der Waals surface area contributed by atoms with Crippen LogP contribution < -0.4 is 5.32 Å². The molecule has 0 aliphatic carbocycles. The number of carbonyl (C=O) groups excluding carboxylic acids is 1. The van der Waals surface area contributed by atoms with Crippen molar-refractivity contribution in [3.8, 4) is 0 Å². The Balaban J connectivity index is 1.99. The van der Waals surface area contributed by atoms with Crippen molar-refractivity contribution in [2.24, 2.45) is 0 Å². The summed E-state index contributed by atoms with van der Waals surface area (Å²) in [6.07, 6.45) is 0.530. The maximum atomic E-state index is 13.1. The Labute approximate surface area is 108 Å². The molecule has 0 bridgehead atoms. The number of hydrogen-bond donors (Lipinski definition) is 1. The van der Waals surface area contributed by atoms with Gasteiger partial charge >= 0.3 is 0 Å². The zero-order valence-electron chi connectivity index (χ0n) is 9.38. The SMILES string of the molecule is O=C1CCN(Cc2ccc(F)c(Br)c2)CCN1. The Morgan fingerprint density at radius 2 is 2.24 bits per heavy atom. The van der Waals surface area contributed by atoms with Gasteiger partial charge in [-0.25, -0.2) is 4.39 Å². The van der Waals surface area contributed by atoms with Gasteiger partial charge in [-0.1, -0.05) is 6.07 Å². The summed E-state index contributed by atoms with van der Waals surface area (Å²) >= 11 is 3.18. The van der Waals surface area contributed by atoms with E-state index < -0.39 is 0 Å². The van der Waals surface area contributed by atoms with Crippen LogP contribution in [0.25, 0.3) is 0 Å². The molecule has 1 aliphatic heterocycles. The van der Waals surface area contributed by atoms with Crippen LogP contribution in [-0.4, -0.2) is 30.4 Å². The van der Waals surface area contributed by atoms with Gasteiger partial charge in [0.05, 0.1) is 4.47 Å². The van der Waals surface area contributed by atoms with E-state index in [9.17, 15) is 9.18 Å². The van der Waals surface area contributed by atoms with Crippen molar-refractivity contribution in [1.82, 2.24) is 10.2 Å². The van der Waals surface area contributed by atoms with Crippen LogP contribution in [0.2, 0.25) is 0 Å². The maximum absolute atomic E-state index is 13.1. The summed E-state index contributed by atoms with van der Waals surface area (Å²) in [6, 6.07) is 5.02. The molecular formula is C12H14BrFN2O. The number of nitrogens with zero attached hydrogens (tertiary/aromatic N) is 1. The first-order chi connectivity index (χ1) is 8.15. The standard InChI is InChI=1S/C12H14BrFN2O/c13-10-7-9(1-2-11(10)14)8-16-5-3-12(17)15-4-6-16/h1-2,7H,3-6,8H2,(H,15,17). The summed E-state index contributed by atoms with van der Waals surface area (Å²) in [6.45, 7) is 3.01. The lowest BCUT2D eigenvalue weighted by Gasteiger charge is -2.19. The first kappa shape index (κ1) is 12.5. The lowest BCUT2D eigenvalue weighted by atomic mass is 10.2. The maximum Gasteiger partial charge on any atom is 0.221 e. The van der Waals surface area contributed by atoms with Gasteiger partial charge in [0, 0.05) is 32.6 Å². The zero-order chi connectivity index (χ0) is 12.3. The van der Waals surface area contributed by atoms with Gasteiger partial charge in [0.25, 0.3) is 0 Å². The minimum absolute atomic E-state index is 0.104. The van der Waals surface area contributed by atoms with E-state index in [1.807, 2.05) is 0 Å². The fourth-order valence-electron chi connectivity index (χ4n) is 1.87. The Kier molecular flexibility index (Phi) is 4.12. The third kappa shape index (κ3) is 3.51. The largest absolute Gasteiger partial charge is 0.355 e. The van der Waals surface area contributed by atoms with Crippen molar-refractivity contribution < 1.29 is 9.18 Å². The van der Waals surface area contributed by atoms with E-state index in [1.54, 1.807) is 12.1 Å². The monoisotopic (exact) mass is 300 g/mol. The second kappa shape index (κ2) is 5.60. The molecule has 92 valence electrons. The molecule has 1 N–H and O–H groups in total. The topological polar surface area (TPSA) is 32.3 Å². The van der Waals surface area contributed by atoms with Crippen LogP contribution in [0.4, 0.5) is 4.39 Å². The molecular weight excluding hydrogens is 287 g/mol. The lowest BCUT2D eigenvalue weighted by Crippen LogP contribution is -2.28. The summed E-state index contributed by atoms with van der Waals surface area (Å²) in [5.74, 6) is -0.144. The molecule has 1 heterocycles. The summed E-state index contributed by atoms with van der Waals surface area (Å²) in [5, 5.41) is 2.83. The highest BCUT2D eigenvalue weighted by molar-refractivity contribution is 9.10. The molecule has 2 rings (SSSR count). The molecule has 0 atom stereocenters. The summed E-state index contributed by atoms with van der Waals surface area (Å²) < 4.78 is 13.6. The van der Waals surface area contributed by atoms with Crippen molar-refractivity contribution in [3.05, 3.63) is 34.1 Å². The van der Waals surface area contributed by atoms with E-state index in [1.165, 1.54) is 6.07 Å². The van der Waals surface area contributed by atoms with Gasteiger partial charge in [0.15, 0.2) is 0 Å². The number of benzene rings is 1.